The SMILES string of the molecule is CCC(C)(N)c1noc(CCC(F)(F)F)n1. The minimum Gasteiger partial charge on any atom is -0.339 e. The van der Waals surface area contributed by atoms with E-state index >= 15 is 0 Å². The molecule has 2 N–H and O–H groups in total. The molecule has 0 saturated carbocycles. The maximum atomic E-state index is 11.9. The molecule has 1 atom stereocenters. The molecule has 0 spiro atoms. The van der Waals surface area contributed by atoms with E-state index in [2.05, 4.69) is 10.1 Å². The minimum atomic E-state index is -4.22. The Kier molecular flexibility index (Phi) is 3.57. The predicted molar refractivity (Wildman–Crippen MR) is 50.5 cm³/mol. The number of nitrogens with zero attached hydrogens (tertiary/aromatic N) is 2. The molecule has 1 heterocycles. The second-order valence-corrected chi connectivity index (χ2v) is 3.90. The molecule has 0 aliphatic rings. The van der Waals surface area contributed by atoms with Crippen molar-refractivity contribution in [3.05, 3.63) is 11.7 Å². The fraction of sp³-hybridized carbons (Fsp3) is 0.778. The number of hydrogen-bond acceptors (Lipinski definition) is 4. The van der Waals surface area contributed by atoms with Crippen molar-refractivity contribution >= 4 is 0 Å². The third-order valence-electron chi connectivity index (χ3n) is 2.34. The van der Waals surface area contributed by atoms with Crippen LogP contribution in [0.3, 0.4) is 0 Å². The van der Waals surface area contributed by atoms with Crippen molar-refractivity contribution in [2.24, 2.45) is 5.73 Å². The van der Waals surface area contributed by atoms with E-state index in [-0.39, 0.29) is 18.1 Å². The summed E-state index contributed by atoms with van der Waals surface area (Å²) < 4.78 is 40.5. The topological polar surface area (TPSA) is 64.9 Å². The van der Waals surface area contributed by atoms with Gasteiger partial charge in [-0.15, -0.1) is 0 Å². The minimum absolute atomic E-state index is 0.0301. The number of nitrogens with two attached hydrogens (primary N) is 1. The van der Waals surface area contributed by atoms with Gasteiger partial charge >= 0.3 is 6.18 Å². The van der Waals surface area contributed by atoms with Crippen molar-refractivity contribution in [2.45, 2.75) is 44.8 Å². The fourth-order valence-electron chi connectivity index (χ4n) is 0.995. The van der Waals surface area contributed by atoms with Crippen molar-refractivity contribution in [2.75, 3.05) is 0 Å². The summed E-state index contributed by atoms with van der Waals surface area (Å²) in [4.78, 5) is 3.85. The average Bonchev–Trinajstić information content (AvgIpc) is 2.62. The number of rotatable bonds is 4. The lowest BCUT2D eigenvalue weighted by Gasteiger charge is -2.16. The summed E-state index contributed by atoms with van der Waals surface area (Å²) >= 11 is 0. The van der Waals surface area contributed by atoms with Crippen molar-refractivity contribution < 1.29 is 17.7 Å². The van der Waals surface area contributed by atoms with Crippen LogP contribution in [0.15, 0.2) is 4.52 Å². The lowest BCUT2D eigenvalue weighted by Crippen LogP contribution is -2.33. The van der Waals surface area contributed by atoms with Gasteiger partial charge in [-0.1, -0.05) is 12.1 Å². The molecule has 0 saturated heterocycles. The molecule has 0 aliphatic heterocycles. The van der Waals surface area contributed by atoms with Gasteiger partial charge in [0.15, 0.2) is 5.82 Å². The van der Waals surface area contributed by atoms with E-state index in [0.29, 0.717) is 6.42 Å². The van der Waals surface area contributed by atoms with Gasteiger partial charge in [-0.25, -0.2) is 0 Å². The summed E-state index contributed by atoms with van der Waals surface area (Å²) in [5.41, 5.74) is 5.06. The summed E-state index contributed by atoms with van der Waals surface area (Å²) in [6, 6.07) is 0. The quantitative estimate of drug-likeness (QED) is 0.871. The molecule has 0 aromatic carbocycles. The van der Waals surface area contributed by atoms with Crippen LogP contribution in [-0.4, -0.2) is 16.3 Å². The van der Waals surface area contributed by atoms with Gasteiger partial charge in [-0.05, 0) is 13.3 Å². The van der Waals surface area contributed by atoms with Crippen molar-refractivity contribution in [1.82, 2.24) is 10.1 Å². The Hall–Kier alpha value is -1.11. The van der Waals surface area contributed by atoms with E-state index in [1.54, 1.807) is 6.92 Å². The third kappa shape index (κ3) is 3.48. The van der Waals surface area contributed by atoms with Gasteiger partial charge in [0, 0.05) is 6.42 Å². The van der Waals surface area contributed by atoms with Crippen LogP contribution in [-0.2, 0) is 12.0 Å². The summed E-state index contributed by atoms with van der Waals surface area (Å²) in [5, 5.41) is 3.58. The Bertz CT molecular complexity index is 346. The zero-order chi connectivity index (χ0) is 12.4. The van der Waals surface area contributed by atoms with E-state index < -0.39 is 18.1 Å². The van der Waals surface area contributed by atoms with E-state index in [1.807, 2.05) is 6.92 Å². The van der Waals surface area contributed by atoms with Gasteiger partial charge < -0.3 is 10.3 Å². The normalized spacial score (nSPS) is 16.1. The number of halogens is 3. The van der Waals surface area contributed by atoms with E-state index in [1.165, 1.54) is 0 Å². The van der Waals surface area contributed by atoms with Gasteiger partial charge in [-0.2, -0.15) is 18.2 Å². The van der Waals surface area contributed by atoms with Crippen LogP contribution in [0.5, 0.6) is 0 Å². The van der Waals surface area contributed by atoms with Gasteiger partial charge in [0.25, 0.3) is 0 Å². The third-order valence-corrected chi connectivity index (χ3v) is 2.34. The molecule has 1 unspecified atom stereocenters. The number of aromatic nitrogens is 2. The maximum Gasteiger partial charge on any atom is 0.389 e. The molecule has 7 heteroatoms. The highest BCUT2D eigenvalue weighted by Gasteiger charge is 2.29. The largest absolute Gasteiger partial charge is 0.389 e. The molecule has 4 nitrogen and oxygen atoms in total. The molecule has 1 aromatic rings. The van der Waals surface area contributed by atoms with Gasteiger partial charge in [0.2, 0.25) is 5.89 Å². The molecule has 1 aromatic heterocycles. The van der Waals surface area contributed by atoms with Gasteiger partial charge in [0.05, 0.1) is 12.0 Å². The molecule has 92 valence electrons. The first-order chi connectivity index (χ1) is 7.24. The Morgan fingerprint density at radius 2 is 2.00 bits per heavy atom. The first-order valence-electron chi connectivity index (χ1n) is 4.93. The number of alkyl halides is 3. The Balaban J connectivity index is 2.66. The Labute approximate surface area is 91.0 Å². The van der Waals surface area contributed by atoms with Crippen molar-refractivity contribution in [3.63, 3.8) is 0 Å². The second kappa shape index (κ2) is 4.40. The fourth-order valence-corrected chi connectivity index (χ4v) is 0.995. The zero-order valence-corrected chi connectivity index (χ0v) is 9.14. The summed E-state index contributed by atoms with van der Waals surface area (Å²) in [7, 11) is 0. The van der Waals surface area contributed by atoms with Crippen molar-refractivity contribution in [3.8, 4) is 0 Å². The maximum absolute atomic E-state index is 11.9. The van der Waals surface area contributed by atoms with Crippen LogP contribution in [0.4, 0.5) is 13.2 Å². The van der Waals surface area contributed by atoms with Crippen LogP contribution in [0.1, 0.15) is 38.4 Å². The monoisotopic (exact) mass is 237 g/mol. The van der Waals surface area contributed by atoms with Gasteiger partial charge in [-0.3, -0.25) is 0 Å². The molecule has 0 bridgehead atoms. The predicted octanol–water partition coefficient (Wildman–Crippen LogP) is 2.15. The molecular formula is C9H14F3N3O. The Morgan fingerprint density at radius 1 is 1.38 bits per heavy atom. The molecular weight excluding hydrogens is 223 g/mol. The zero-order valence-electron chi connectivity index (χ0n) is 9.14. The van der Waals surface area contributed by atoms with E-state index in [9.17, 15) is 13.2 Å². The summed E-state index contributed by atoms with van der Waals surface area (Å²) in [6.07, 6.45) is -4.92. The molecule has 0 fully saturated rings. The first kappa shape index (κ1) is 13.0. The first-order valence-corrected chi connectivity index (χ1v) is 4.93. The van der Waals surface area contributed by atoms with Crippen molar-refractivity contribution in [1.29, 1.82) is 0 Å². The lowest BCUT2D eigenvalue weighted by atomic mass is 10.0. The smallest absolute Gasteiger partial charge is 0.339 e. The second-order valence-electron chi connectivity index (χ2n) is 3.90. The molecule has 0 radical (unpaired) electrons. The highest BCUT2D eigenvalue weighted by atomic mass is 19.4. The van der Waals surface area contributed by atoms with Gasteiger partial charge in [0.1, 0.15) is 0 Å². The van der Waals surface area contributed by atoms with Crippen LogP contribution in [0, 0.1) is 0 Å². The molecule has 16 heavy (non-hydrogen) atoms. The number of hydrogen-bond donors (Lipinski definition) is 1. The Morgan fingerprint density at radius 3 is 2.50 bits per heavy atom. The van der Waals surface area contributed by atoms with E-state index in [0.717, 1.165) is 0 Å². The molecule has 1 rings (SSSR count). The van der Waals surface area contributed by atoms with Crippen LogP contribution in [0.25, 0.3) is 0 Å². The molecule has 0 aliphatic carbocycles. The lowest BCUT2D eigenvalue weighted by molar-refractivity contribution is -0.134. The average molecular weight is 237 g/mol. The van der Waals surface area contributed by atoms with Crippen LogP contribution >= 0.6 is 0 Å². The van der Waals surface area contributed by atoms with Crippen LogP contribution < -0.4 is 5.73 Å². The number of aryl methyl sites for hydroxylation is 1. The van der Waals surface area contributed by atoms with E-state index in [4.69, 9.17) is 10.3 Å². The standard InChI is InChI=1S/C9H14F3N3O/c1-3-8(2,13)7-14-6(16-15-7)4-5-9(10,11)12/h3-5,13H2,1-2H3. The summed E-state index contributed by atoms with van der Waals surface area (Å²) in [6.45, 7) is 3.54. The highest BCUT2D eigenvalue weighted by molar-refractivity contribution is 5.01. The highest BCUT2D eigenvalue weighted by Crippen LogP contribution is 2.23. The van der Waals surface area contributed by atoms with Crippen LogP contribution in [0.2, 0.25) is 0 Å². The molecule has 0 amide bonds. The summed E-state index contributed by atoms with van der Waals surface area (Å²) in [5.74, 6) is 0.213.